The molecule has 1 fully saturated rings. The van der Waals surface area contributed by atoms with E-state index in [2.05, 4.69) is 18.8 Å². The lowest BCUT2D eigenvalue weighted by Crippen LogP contribution is -2.19. The standard InChI is InChI=1S/C20H29O4PS/c1-14-6-8-16(9-7-14)25(23,24-5)13-15-12-17(10-11-20(2,3)4)26-18(15)19(21)22/h12,14,16H,6-9,13H2,1-5H3,(H,21,22). The van der Waals surface area contributed by atoms with Crippen molar-refractivity contribution in [1.29, 1.82) is 0 Å². The van der Waals surface area contributed by atoms with E-state index < -0.39 is 13.3 Å². The normalized spacial score (nSPS) is 23.0. The van der Waals surface area contributed by atoms with Gasteiger partial charge in [-0.15, -0.1) is 11.3 Å². The molecule has 26 heavy (non-hydrogen) atoms. The molecule has 2 rings (SSSR count). The van der Waals surface area contributed by atoms with Gasteiger partial charge in [-0.1, -0.05) is 18.8 Å². The van der Waals surface area contributed by atoms with Gasteiger partial charge in [0, 0.05) is 18.2 Å². The summed E-state index contributed by atoms with van der Waals surface area (Å²) in [6, 6.07) is 1.78. The summed E-state index contributed by atoms with van der Waals surface area (Å²) >= 11 is 1.16. The van der Waals surface area contributed by atoms with E-state index >= 15 is 0 Å². The summed E-state index contributed by atoms with van der Waals surface area (Å²) in [6.07, 6.45) is 4.05. The van der Waals surface area contributed by atoms with Crippen LogP contribution in [0.3, 0.4) is 0 Å². The van der Waals surface area contributed by atoms with Crippen LogP contribution in [0.4, 0.5) is 0 Å². The first-order valence-electron chi connectivity index (χ1n) is 9.08. The fourth-order valence-electron chi connectivity index (χ4n) is 3.25. The van der Waals surface area contributed by atoms with Crippen LogP contribution in [0.15, 0.2) is 6.07 Å². The molecule has 1 aliphatic rings. The van der Waals surface area contributed by atoms with E-state index in [1.807, 2.05) is 20.8 Å². The Balaban J connectivity index is 2.30. The van der Waals surface area contributed by atoms with E-state index in [0.717, 1.165) is 37.0 Å². The third kappa shape index (κ3) is 5.46. The fraction of sp³-hybridized carbons (Fsp3) is 0.650. The number of carboxylic acid groups (broad SMARTS) is 1. The van der Waals surface area contributed by atoms with Gasteiger partial charge in [0.2, 0.25) is 7.37 Å². The van der Waals surface area contributed by atoms with Gasteiger partial charge in [-0.2, -0.15) is 0 Å². The predicted molar refractivity (Wildman–Crippen MR) is 107 cm³/mol. The second kappa shape index (κ2) is 8.30. The SMILES string of the molecule is COP(=O)(Cc1cc(C#CC(C)(C)C)sc1C(=O)O)C1CCC(C)CC1. The van der Waals surface area contributed by atoms with Crippen molar-refractivity contribution >= 4 is 24.7 Å². The molecule has 1 aromatic rings. The second-order valence-corrected chi connectivity index (χ2v) is 12.2. The third-order valence-corrected chi connectivity index (χ3v) is 8.91. The molecule has 1 aliphatic carbocycles. The summed E-state index contributed by atoms with van der Waals surface area (Å²) in [6.45, 7) is 8.25. The average molecular weight is 396 g/mol. The predicted octanol–water partition coefficient (Wildman–Crippen LogP) is 5.85. The van der Waals surface area contributed by atoms with E-state index in [9.17, 15) is 14.5 Å². The molecule has 0 aliphatic heterocycles. The van der Waals surface area contributed by atoms with Crippen molar-refractivity contribution in [2.45, 2.75) is 65.2 Å². The molecule has 0 spiro atoms. The molecular formula is C20H29O4PS. The van der Waals surface area contributed by atoms with Crippen LogP contribution in [0, 0.1) is 23.2 Å². The summed E-state index contributed by atoms with van der Waals surface area (Å²) in [4.78, 5) is 12.6. The van der Waals surface area contributed by atoms with E-state index in [0.29, 0.717) is 16.4 Å². The van der Waals surface area contributed by atoms with Crippen LogP contribution in [0.5, 0.6) is 0 Å². The van der Waals surface area contributed by atoms with Gasteiger partial charge in [-0.05, 0) is 64.0 Å². The molecule has 1 saturated carbocycles. The molecular weight excluding hydrogens is 367 g/mol. The number of hydrogen-bond donors (Lipinski definition) is 1. The van der Waals surface area contributed by atoms with Crippen molar-refractivity contribution in [1.82, 2.24) is 0 Å². The first-order chi connectivity index (χ1) is 12.0. The van der Waals surface area contributed by atoms with Crippen molar-refractivity contribution in [3.05, 3.63) is 21.4 Å². The Bertz CT molecular complexity index is 755. The second-order valence-electron chi connectivity index (χ2n) is 8.25. The molecule has 1 atom stereocenters. The Morgan fingerprint density at radius 2 is 1.96 bits per heavy atom. The molecule has 0 aromatic carbocycles. The topological polar surface area (TPSA) is 63.6 Å². The molecule has 1 heterocycles. The summed E-state index contributed by atoms with van der Waals surface area (Å²) in [5.74, 6) is 5.86. The zero-order valence-corrected chi connectivity index (χ0v) is 18.0. The molecule has 0 saturated heterocycles. The number of aromatic carboxylic acids is 1. The minimum atomic E-state index is -2.93. The monoisotopic (exact) mass is 396 g/mol. The Morgan fingerprint density at radius 1 is 1.35 bits per heavy atom. The fourth-order valence-corrected chi connectivity index (χ4v) is 6.73. The van der Waals surface area contributed by atoms with Gasteiger partial charge in [-0.3, -0.25) is 4.57 Å². The smallest absolute Gasteiger partial charge is 0.346 e. The van der Waals surface area contributed by atoms with Crippen molar-refractivity contribution in [2.75, 3.05) is 7.11 Å². The van der Waals surface area contributed by atoms with E-state index in [1.165, 1.54) is 7.11 Å². The lowest BCUT2D eigenvalue weighted by atomic mass is 9.91. The summed E-state index contributed by atoms with van der Waals surface area (Å²) in [5.41, 5.74) is 0.451. The maximum Gasteiger partial charge on any atom is 0.346 e. The van der Waals surface area contributed by atoms with Crippen molar-refractivity contribution in [3.8, 4) is 11.8 Å². The Morgan fingerprint density at radius 3 is 2.46 bits per heavy atom. The lowest BCUT2D eigenvalue weighted by Gasteiger charge is -2.31. The zero-order chi connectivity index (χ0) is 19.5. The lowest BCUT2D eigenvalue weighted by molar-refractivity contribution is 0.0701. The first-order valence-corrected chi connectivity index (χ1v) is 11.8. The van der Waals surface area contributed by atoms with Crippen molar-refractivity contribution in [3.63, 3.8) is 0 Å². The van der Waals surface area contributed by atoms with Gasteiger partial charge in [0.25, 0.3) is 0 Å². The molecule has 4 nitrogen and oxygen atoms in total. The van der Waals surface area contributed by atoms with Gasteiger partial charge >= 0.3 is 5.97 Å². The van der Waals surface area contributed by atoms with Crippen LogP contribution in [-0.2, 0) is 15.3 Å². The van der Waals surface area contributed by atoms with Crippen LogP contribution >= 0.6 is 18.7 Å². The summed E-state index contributed by atoms with van der Waals surface area (Å²) < 4.78 is 19.0. The van der Waals surface area contributed by atoms with Crippen LogP contribution in [-0.4, -0.2) is 23.8 Å². The Hall–Kier alpha value is -1.08. The number of carbonyl (C=O) groups is 1. The molecule has 0 amide bonds. The number of carboxylic acids is 1. The van der Waals surface area contributed by atoms with E-state index in [1.54, 1.807) is 6.07 Å². The third-order valence-electron chi connectivity index (χ3n) is 4.81. The van der Waals surface area contributed by atoms with Crippen LogP contribution in [0.2, 0.25) is 0 Å². The van der Waals surface area contributed by atoms with Gasteiger partial charge in [0.15, 0.2) is 0 Å². The number of rotatable bonds is 5. The average Bonchev–Trinajstić information content (AvgIpc) is 2.95. The highest BCUT2D eigenvalue weighted by Gasteiger charge is 2.37. The molecule has 1 unspecified atom stereocenters. The molecule has 0 radical (unpaired) electrons. The van der Waals surface area contributed by atoms with Crippen LogP contribution in [0.1, 0.15) is 73.5 Å². The van der Waals surface area contributed by atoms with Gasteiger partial charge < -0.3 is 9.63 Å². The van der Waals surface area contributed by atoms with Crippen molar-refractivity contribution in [2.24, 2.45) is 11.3 Å². The minimum Gasteiger partial charge on any atom is -0.477 e. The van der Waals surface area contributed by atoms with Gasteiger partial charge in [0.1, 0.15) is 4.88 Å². The molecule has 144 valence electrons. The number of hydrogen-bond acceptors (Lipinski definition) is 4. The first kappa shape index (κ1) is 21.2. The highest BCUT2D eigenvalue weighted by molar-refractivity contribution is 7.59. The summed E-state index contributed by atoms with van der Waals surface area (Å²) in [7, 11) is -1.44. The molecule has 1 aromatic heterocycles. The maximum atomic E-state index is 13.5. The minimum absolute atomic E-state index is 0.0226. The highest BCUT2D eigenvalue weighted by atomic mass is 32.1. The van der Waals surface area contributed by atoms with Gasteiger partial charge in [0.05, 0.1) is 11.0 Å². The largest absolute Gasteiger partial charge is 0.477 e. The van der Waals surface area contributed by atoms with Crippen molar-refractivity contribution < 1.29 is 19.0 Å². The highest BCUT2D eigenvalue weighted by Crippen LogP contribution is 2.59. The quantitative estimate of drug-likeness (QED) is 0.501. The number of thiophene rings is 1. The zero-order valence-electron chi connectivity index (χ0n) is 16.3. The Kier molecular flexibility index (Phi) is 6.77. The molecule has 1 N–H and O–H groups in total. The molecule has 0 bridgehead atoms. The van der Waals surface area contributed by atoms with Crippen LogP contribution in [0.25, 0.3) is 0 Å². The van der Waals surface area contributed by atoms with E-state index in [4.69, 9.17) is 4.52 Å². The van der Waals surface area contributed by atoms with E-state index in [-0.39, 0.29) is 22.1 Å². The van der Waals surface area contributed by atoms with Gasteiger partial charge in [-0.25, -0.2) is 4.79 Å². The molecule has 6 heteroatoms. The maximum absolute atomic E-state index is 13.5. The summed E-state index contributed by atoms with van der Waals surface area (Å²) in [5, 5.41) is 9.55. The Labute approximate surface area is 160 Å². The van der Waals surface area contributed by atoms with Crippen LogP contribution < -0.4 is 0 Å².